The van der Waals surface area contributed by atoms with E-state index < -0.39 is 0 Å². The van der Waals surface area contributed by atoms with E-state index >= 15 is 0 Å². The number of rotatable bonds is 5. The van der Waals surface area contributed by atoms with Crippen LogP contribution in [0.15, 0.2) is 24.3 Å². The Morgan fingerprint density at radius 3 is 2.53 bits per heavy atom. The molecule has 1 aromatic rings. The Morgan fingerprint density at radius 1 is 1.11 bits per heavy atom. The summed E-state index contributed by atoms with van der Waals surface area (Å²) < 4.78 is 6.21. The molecule has 0 bridgehead atoms. The molecule has 0 radical (unpaired) electrons. The van der Waals surface area contributed by atoms with E-state index in [-0.39, 0.29) is 0 Å². The second-order valence-electron chi connectivity index (χ2n) is 5.58. The standard InChI is InChI=1S/C17H27NO/c1-3-7-14-10-12-15(13-11-14)19-17-9-6-4-5-8-16(17)18-2/h10-13,16-18H,3-9H2,1-2H3. The minimum absolute atomic E-state index is 0.324. The van der Waals surface area contributed by atoms with Crippen molar-refractivity contribution < 1.29 is 4.74 Å². The van der Waals surface area contributed by atoms with Gasteiger partial charge in [0.15, 0.2) is 0 Å². The Morgan fingerprint density at radius 2 is 1.84 bits per heavy atom. The first kappa shape index (κ1) is 14.4. The lowest BCUT2D eigenvalue weighted by atomic mass is 10.1. The molecule has 0 aliphatic heterocycles. The van der Waals surface area contributed by atoms with Gasteiger partial charge in [-0.2, -0.15) is 0 Å². The lowest BCUT2D eigenvalue weighted by Crippen LogP contribution is -2.40. The van der Waals surface area contributed by atoms with Gasteiger partial charge in [-0.05, 0) is 50.4 Å². The van der Waals surface area contributed by atoms with Crippen molar-refractivity contribution in [3.63, 3.8) is 0 Å². The average molecular weight is 261 g/mol. The minimum Gasteiger partial charge on any atom is -0.489 e. The minimum atomic E-state index is 0.324. The highest BCUT2D eigenvalue weighted by molar-refractivity contribution is 5.27. The number of aryl methyl sites for hydroxylation is 1. The van der Waals surface area contributed by atoms with Gasteiger partial charge in [-0.25, -0.2) is 0 Å². The van der Waals surface area contributed by atoms with Crippen LogP contribution >= 0.6 is 0 Å². The molecule has 0 saturated heterocycles. The summed E-state index contributed by atoms with van der Waals surface area (Å²) in [5.41, 5.74) is 1.40. The van der Waals surface area contributed by atoms with E-state index in [4.69, 9.17) is 4.74 Å². The summed E-state index contributed by atoms with van der Waals surface area (Å²) >= 11 is 0. The van der Waals surface area contributed by atoms with Crippen LogP contribution in [0.4, 0.5) is 0 Å². The van der Waals surface area contributed by atoms with E-state index in [1.165, 1.54) is 44.1 Å². The normalized spacial score (nSPS) is 23.9. The predicted octanol–water partition coefficient (Wildman–Crippen LogP) is 3.94. The van der Waals surface area contributed by atoms with Crippen LogP contribution in [0, 0.1) is 0 Å². The molecule has 2 nitrogen and oxygen atoms in total. The van der Waals surface area contributed by atoms with Gasteiger partial charge in [0.2, 0.25) is 0 Å². The number of nitrogens with one attached hydrogen (secondary N) is 1. The molecule has 0 heterocycles. The second-order valence-corrected chi connectivity index (χ2v) is 5.58. The number of hydrogen-bond donors (Lipinski definition) is 1. The lowest BCUT2D eigenvalue weighted by Gasteiger charge is -2.25. The maximum Gasteiger partial charge on any atom is 0.119 e. The lowest BCUT2D eigenvalue weighted by molar-refractivity contribution is 0.149. The van der Waals surface area contributed by atoms with Crippen LogP contribution in [-0.2, 0) is 6.42 Å². The first-order chi connectivity index (χ1) is 9.33. The fourth-order valence-corrected chi connectivity index (χ4v) is 2.94. The first-order valence-electron chi connectivity index (χ1n) is 7.76. The van der Waals surface area contributed by atoms with Gasteiger partial charge in [0.25, 0.3) is 0 Å². The Labute approximate surface area is 117 Å². The zero-order valence-corrected chi connectivity index (χ0v) is 12.3. The molecular formula is C17H27NO. The molecule has 1 aliphatic rings. The fraction of sp³-hybridized carbons (Fsp3) is 0.647. The van der Waals surface area contributed by atoms with Crippen molar-refractivity contribution in [1.29, 1.82) is 0 Å². The van der Waals surface area contributed by atoms with Crippen molar-refractivity contribution >= 4 is 0 Å². The monoisotopic (exact) mass is 261 g/mol. The number of likely N-dealkylation sites (N-methyl/N-ethyl adjacent to an activating group) is 1. The molecule has 2 unspecified atom stereocenters. The Kier molecular flexibility index (Phi) is 5.71. The molecule has 0 aromatic heterocycles. The van der Waals surface area contributed by atoms with Gasteiger partial charge < -0.3 is 10.1 Å². The zero-order chi connectivity index (χ0) is 13.5. The van der Waals surface area contributed by atoms with Crippen molar-refractivity contribution in [1.82, 2.24) is 5.32 Å². The second kappa shape index (κ2) is 7.54. The van der Waals surface area contributed by atoms with E-state index in [1.54, 1.807) is 0 Å². The molecule has 1 aliphatic carbocycles. The number of benzene rings is 1. The highest BCUT2D eigenvalue weighted by atomic mass is 16.5. The van der Waals surface area contributed by atoms with Gasteiger partial charge >= 0.3 is 0 Å². The van der Waals surface area contributed by atoms with Crippen molar-refractivity contribution in [3.8, 4) is 5.75 Å². The molecule has 1 N–H and O–H groups in total. The average Bonchev–Trinajstić information content (AvgIpc) is 2.66. The maximum atomic E-state index is 6.21. The van der Waals surface area contributed by atoms with Crippen LogP contribution in [0.25, 0.3) is 0 Å². The molecular weight excluding hydrogens is 234 g/mol. The SMILES string of the molecule is CCCc1ccc(OC2CCCCCC2NC)cc1. The smallest absolute Gasteiger partial charge is 0.119 e. The highest BCUT2D eigenvalue weighted by Crippen LogP contribution is 2.23. The van der Waals surface area contributed by atoms with Gasteiger partial charge in [-0.15, -0.1) is 0 Å². The maximum absolute atomic E-state index is 6.21. The van der Waals surface area contributed by atoms with Gasteiger partial charge in [0, 0.05) is 6.04 Å². The van der Waals surface area contributed by atoms with Crippen LogP contribution in [0.5, 0.6) is 5.75 Å². The molecule has 2 atom stereocenters. The molecule has 2 heteroatoms. The molecule has 19 heavy (non-hydrogen) atoms. The first-order valence-corrected chi connectivity index (χ1v) is 7.76. The largest absolute Gasteiger partial charge is 0.489 e. The van der Waals surface area contributed by atoms with E-state index in [0.717, 1.165) is 12.2 Å². The van der Waals surface area contributed by atoms with Gasteiger partial charge in [0.1, 0.15) is 11.9 Å². The summed E-state index contributed by atoms with van der Waals surface area (Å²) in [4.78, 5) is 0. The zero-order valence-electron chi connectivity index (χ0n) is 12.3. The van der Waals surface area contributed by atoms with Crippen LogP contribution in [0.3, 0.4) is 0 Å². The van der Waals surface area contributed by atoms with Crippen LogP contribution in [0.1, 0.15) is 51.0 Å². The van der Waals surface area contributed by atoms with Crippen molar-refractivity contribution in [3.05, 3.63) is 29.8 Å². The van der Waals surface area contributed by atoms with Gasteiger partial charge in [-0.1, -0.05) is 38.3 Å². The molecule has 1 aromatic carbocycles. The molecule has 0 amide bonds. The summed E-state index contributed by atoms with van der Waals surface area (Å²) in [5, 5.41) is 3.42. The van der Waals surface area contributed by atoms with E-state index in [9.17, 15) is 0 Å². The fourth-order valence-electron chi connectivity index (χ4n) is 2.94. The van der Waals surface area contributed by atoms with Crippen LogP contribution < -0.4 is 10.1 Å². The van der Waals surface area contributed by atoms with Gasteiger partial charge in [0.05, 0.1) is 0 Å². The third-order valence-corrected chi connectivity index (χ3v) is 4.07. The summed E-state index contributed by atoms with van der Waals surface area (Å²) in [5.74, 6) is 1.02. The predicted molar refractivity (Wildman–Crippen MR) is 80.8 cm³/mol. The number of hydrogen-bond acceptors (Lipinski definition) is 2. The van der Waals surface area contributed by atoms with E-state index in [0.29, 0.717) is 12.1 Å². The topological polar surface area (TPSA) is 21.3 Å². The van der Waals surface area contributed by atoms with Gasteiger partial charge in [-0.3, -0.25) is 0 Å². The molecule has 0 spiro atoms. The van der Waals surface area contributed by atoms with E-state index in [2.05, 4.69) is 43.6 Å². The van der Waals surface area contributed by atoms with Crippen molar-refractivity contribution in [2.24, 2.45) is 0 Å². The summed E-state index contributed by atoms with van der Waals surface area (Å²) in [7, 11) is 2.05. The third kappa shape index (κ3) is 4.24. The molecule has 1 fully saturated rings. The Bertz CT molecular complexity index is 360. The van der Waals surface area contributed by atoms with Crippen molar-refractivity contribution in [2.75, 3.05) is 7.05 Å². The van der Waals surface area contributed by atoms with Crippen LogP contribution in [-0.4, -0.2) is 19.2 Å². The highest BCUT2D eigenvalue weighted by Gasteiger charge is 2.23. The molecule has 2 rings (SSSR count). The third-order valence-electron chi connectivity index (χ3n) is 4.07. The molecule has 106 valence electrons. The van der Waals surface area contributed by atoms with Crippen molar-refractivity contribution in [2.45, 2.75) is 64.0 Å². The van der Waals surface area contributed by atoms with E-state index in [1.807, 2.05) is 0 Å². The summed E-state index contributed by atoms with van der Waals surface area (Å²) in [6.07, 6.45) is 9.03. The van der Waals surface area contributed by atoms with Crippen LogP contribution in [0.2, 0.25) is 0 Å². The Balaban J connectivity index is 1.97. The number of ether oxygens (including phenoxy) is 1. The summed E-state index contributed by atoms with van der Waals surface area (Å²) in [6.45, 7) is 2.22. The quantitative estimate of drug-likeness (QED) is 0.811. The summed E-state index contributed by atoms with van der Waals surface area (Å²) in [6, 6.07) is 9.15. The molecule has 1 saturated carbocycles. The Hall–Kier alpha value is -1.02.